The minimum atomic E-state index is -0.295. The average Bonchev–Trinajstić information content (AvgIpc) is 3.63. The molecule has 11 heteroatoms. The summed E-state index contributed by atoms with van der Waals surface area (Å²) >= 11 is 6.67. The van der Waals surface area contributed by atoms with Gasteiger partial charge >= 0.3 is 0 Å². The van der Waals surface area contributed by atoms with Crippen LogP contribution in [0.1, 0.15) is 22.5 Å². The minimum absolute atomic E-state index is 0.174. The smallest absolute Gasteiger partial charge is 0.267 e. The summed E-state index contributed by atoms with van der Waals surface area (Å²) in [6, 6.07) is 12.8. The molecule has 5 heterocycles. The number of aromatic nitrogens is 2. The minimum Gasteiger partial charge on any atom is -0.467 e. The highest BCUT2D eigenvalue weighted by atomic mass is 32.2. The van der Waals surface area contributed by atoms with Crippen LogP contribution in [-0.2, 0) is 17.9 Å². The summed E-state index contributed by atoms with van der Waals surface area (Å²) in [6.07, 6.45) is 4.87. The van der Waals surface area contributed by atoms with E-state index in [0.717, 1.165) is 22.9 Å². The third-order valence-electron chi connectivity index (χ3n) is 5.94. The van der Waals surface area contributed by atoms with Gasteiger partial charge in [0.25, 0.3) is 11.5 Å². The van der Waals surface area contributed by atoms with Crippen molar-refractivity contribution in [3.63, 3.8) is 0 Å². The lowest BCUT2D eigenvalue weighted by Crippen LogP contribution is -2.27. The third-order valence-corrected chi connectivity index (χ3v) is 7.32. The number of hydrogen-bond acceptors (Lipinski definition) is 9. The van der Waals surface area contributed by atoms with Crippen molar-refractivity contribution in [2.75, 3.05) is 12.1 Å². The molecule has 1 amide bonds. The van der Waals surface area contributed by atoms with Crippen LogP contribution in [0.15, 0.2) is 69.0 Å². The number of amides is 1. The molecule has 0 aliphatic carbocycles. The van der Waals surface area contributed by atoms with Crippen LogP contribution >= 0.6 is 24.0 Å². The molecule has 0 bridgehead atoms. The summed E-state index contributed by atoms with van der Waals surface area (Å²) in [5, 5.41) is 3.18. The lowest BCUT2D eigenvalue weighted by Gasteiger charge is -2.14. The molecule has 186 valence electrons. The van der Waals surface area contributed by atoms with E-state index in [2.05, 4.69) is 10.3 Å². The molecule has 0 spiro atoms. The number of hydrogen-bond donors (Lipinski definition) is 1. The standard InChI is InChI=1S/C26H20N4O5S2/c1-15-4-7-22-28-23(27-11-17-3-2-8-33-17)18(24(31)29(22)12-15)10-21-25(32)30(26(36)37-21)13-16-5-6-19-20(9-16)35-14-34-19/h2-10,12,27H,11,13-14H2,1H3/b21-10+. The maximum Gasteiger partial charge on any atom is 0.267 e. The number of nitrogens with one attached hydrogen (secondary N) is 1. The van der Waals surface area contributed by atoms with E-state index in [1.165, 1.54) is 9.30 Å². The van der Waals surface area contributed by atoms with Gasteiger partial charge in [0, 0.05) is 6.20 Å². The molecule has 2 aliphatic rings. The number of benzene rings is 1. The molecule has 1 N–H and O–H groups in total. The predicted molar refractivity (Wildman–Crippen MR) is 144 cm³/mol. The number of ether oxygens (including phenoxy) is 2. The van der Waals surface area contributed by atoms with E-state index in [9.17, 15) is 9.59 Å². The summed E-state index contributed by atoms with van der Waals surface area (Å²) in [5.41, 5.74) is 2.22. The second-order valence-corrected chi connectivity index (χ2v) is 10.2. The number of nitrogens with zero attached hydrogens (tertiary/aromatic N) is 3. The van der Waals surface area contributed by atoms with E-state index in [0.29, 0.717) is 44.5 Å². The van der Waals surface area contributed by atoms with Crippen LogP contribution in [-0.4, -0.2) is 31.3 Å². The lowest BCUT2D eigenvalue weighted by molar-refractivity contribution is -0.122. The zero-order valence-electron chi connectivity index (χ0n) is 19.6. The number of anilines is 1. The molecule has 1 fully saturated rings. The number of carbonyl (C=O) groups is 1. The lowest BCUT2D eigenvalue weighted by atomic mass is 10.2. The Bertz CT molecular complexity index is 1640. The number of thioether (sulfide) groups is 1. The Labute approximate surface area is 220 Å². The Morgan fingerprint density at radius 1 is 1.16 bits per heavy atom. The number of furan rings is 1. The van der Waals surface area contributed by atoms with Gasteiger partial charge in [-0.3, -0.25) is 18.9 Å². The van der Waals surface area contributed by atoms with Gasteiger partial charge in [-0.2, -0.15) is 0 Å². The van der Waals surface area contributed by atoms with E-state index < -0.39 is 0 Å². The van der Waals surface area contributed by atoms with Crippen molar-refractivity contribution >= 4 is 51.7 Å². The first-order valence-corrected chi connectivity index (χ1v) is 12.6. The van der Waals surface area contributed by atoms with Gasteiger partial charge in [-0.1, -0.05) is 36.1 Å². The van der Waals surface area contributed by atoms with Gasteiger partial charge in [0.05, 0.1) is 29.8 Å². The number of pyridine rings is 1. The fourth-order valence-electron chi connectivity index (χ4n) is 4.10. The van der Waals surface area contributed by atoms with Crippen molar-refractivity contribution in [1.29, 1.82) is 0 Å². The second-order valence-electron chi connectivity index (χ2n) is 8.50. The fraction of sp³-hybridized carbons (Fsp3) is 0.154. The Balaban J connectivity index is 1.35. The monoisotopic (exact) mass is 532 g/mol. The van der Waals surface area contributed by atoms with Gasteiger partial charge in [0.2, 0.25) is 6.79 Å². The quantitative estimate of drug-likeness (QED) is 0.287. The molecule has 0 radical (unpaired) electrons. The fourth-order valence-corrected chi connectivity index (χ4v) is 5.33. The first-order valence-electron chi connectivity index (χ1n) is 11.4. The molecule has 1 saturated heterocycles. The third kappa shape index (κ3) is 4.47. The molecule has 2 aliphatic heterocycles. The predicted octanol–water partition coefficient (Wildman–Crippen LogP) is 4.34. The Hall–Kier alpha value is -4.09. The van der Waals surface area contributed by atoms with Crippen LogP contribution in [0.2, 0.25) is 0 Å². The van der Waals surface area contributed by atoms with E-state index in [4.69, 9.17) is 26.1 Å². The normalized spacial score (nSPS) is 15.8. The first kappa shape index (κ1) is 23.3. The maximum absolute atomic E-state index is 13.5. The molecule has 0 saturated carbocycles. The molecule has 0 unspecified atom stereocenters. The Morgan fingerprint density at radius 3 is 2.86 bits per heavy atom. The van der Waals surface area contributed by atoms with Crippen LogP contribution in [0.3, 0.4) is 0 Å². The van der Waals surface area contributed by atoms with Crippen molar-refractivity contribution in [2.45, 2.75) is 20.0 Å². The van der Waals surface area contributed by atoms with Gasteiger partial charge in [-0.05, 0) is 54.5 Å². The average molecular weight is 533 g/mol. The summed E-state index contributed by atoms with van der Waals surface area (Å²) in [6.45, 7) is 2.67. The number of fused-ring (bicyclic) bond motifs is 2. The molecule has 37 heavy (non-hydrogen) atoms. The highest BCUT2D eigenvalue weighted by Crippen LogP contribution is 2.36. The number of rotatable bonds is 6. The first-order chi connectivity index (χ1) is 18.0. The van der Waals surface area contributed by atoms with Crippen molar-refractivity contribution in [3.8, 4) is 11.5 Å². The molecule has 4 aromatic rings. The SMILES string of the molecule is Cc1ccc2nc(NCc3ccco3)c(/C=C3/SC(=S)N(Cc4ccc5c(c4)OCO5)C3=O)c(=O)n2c1. The highest BCUT2D eigenvalue weighted by molar-refractivity contribution is 8.26. The molecule has 3 aromatic heterocycles. The maximum atomic E-state index is 13.5. The summed E-state index contributed by atoms with van der Waals surface area (Å²) in [7, 11) is 0. The zero-order chi connectivity index (χ0) is 25.5. The molecular weight excluding hydrogens is 512 g/mol. The number of carbonyl (C=O) groups excluding carboxylic acids is 1. The van der Waals surface area contributed by atoms with E-state index in [-0.39, 0.29) is 30.4 Å². The van der Waals surface area contributed by atoms with Crippen molar-refractivity contribution < 1.29 is 18.7 Å². The summed E-state index contributed by atoms with van der Waals surface area (Å²) in [4.78, 5) is 33.4. The highest BCUT2D eigenvalue weighted by Gasteiger charge is 2.33. The van der Waals surface area contributed by atoms with Crippen LogP contribution in [0.5, 0.6) is 11.5 Å². The van der Waals surface area contributed by atoms with Crippen molar-refractivity contribution in [2.24, 2.45) is 0 Å². The largest absolute Gasteiger partial charge is 0.467 e. The summed E-state index contributed by atoms with van der Waals surface area (Å²) in [5.74, 6) is 2.07. The van der Waals surface area contributed by atoms with Gasteiger partial charge < -0.3 is 19.2 Å². The van der Waals surface area contributed by atoms with E-state index in [1.807, 2.05) is 37.3 Å². The van der Waals surface area contributed by atoms with Crippen LogP contribution < -0.4 is 20.3 Å². The van der Waals surface area contributed by atoms with Crippen LogP contribution in [0.25, 0.3) is 11.7 Å². The van der Waals surface area contributed by atoms with Gasteiger partial charge in [-0.25, -0.2) is 4.98 Å². The number of thiocarbonyl (C=S) groups is 1. The zero-order valence-corrected chi connectivity index (χ0v) is 21.2. The number of aryl methyl sites for hydroxylation is 1. The molecule has 0 atom stereocenters. The van der Waals surface area contributed by atoms with Gasteiger partial charge in [0.15, 0.2) is 11.5 Å². The van der Waals surface area contributed by atoms with Crippen LogP contribution in [0, 0.1) is 6.92 Å². The van der Waals surface area contributed by atoms with Crippen LogP contribution in [0.4, 0.5) is 5.82 Å². The van der Waals surface area contributed by atoms with Gasteiger partial charge in [0.1, 0.15) is 21.5 Å². The Morgan fingerprint density at radius 2 is 2.03 bits per heavy atom. The summed E-state index contributed by atoms with van der Waals surface area (Å²) < 4.78 is 18.1. The molecule has 6 rings (SSSR count). The van der Waals surface area contributed by atoms with Crippen molar-refractivity contribution in [3.05, 3.63) is 92.6 Å². The molecule has 9 nitrogen and oxygen atoms in total. The van der Waals surface area contributed by atoms with E-state index in [1.54, 1.807) is 30.7 Å². The molecule has 1 aromatic carbocycles. The second kappa shape index (κ2) is 9.41. The van der Waals surface area contributed by atoms with Crippen molar-refractivity contribution in [1.82, 2.24) is 14.3 Å². The van der Waals surface area contributed by atoms with E-state index >= 15 is 0 Å². The Kier molecular flexibility index (Phi) is 5.93. The molecular formula is C26H20N4O5S2. The topological polar surface area (TPSA) is 98.3 Å². The van der Waals surface area contributed by atoms with Gasteiger partial charge in [-0.15, -0.1) is 0 Å².